The van der Waals surface area contributed by atoms with Gasteiger partial charge in [-0.3, -0.25) is 18.6 Å². The standard InChI is InChI=1S/C46H81O8P/c1-4-6-8-10-12-14-16-18-20-22-23-25-27-29-31-33-35-37-39-41-46(48)54-44(43-53-55(49,50)51-3)42-52-45(47)40-38-36-34-32-30-28-26-24-21-19-17-15-13-11-9-7-5-2/h12-15,18-21,23,25,44H,4-11,16-17,22,24,26-43H2,1-3H3,(H,49,50)/b14-12-,15-13-,20-18-,21-19-,25-23-. The number of allylic oxidation sites excluding steroid dienone is 10. The molecule has 0 spiro atoms. The summed E-state index contributed by atoms with van der Waals surface area (Å²) in [6.07, 6.45) is 51.2. The summed E-state index contributed by atoms with van der Waals surface area (Å²) in [5.74, 6) is -0.829. The van der Waals surface area contributed by atoms with Crippen molar-refractivity contribution < 1.29 is 37.6 Å². The maximum absolute atomic E-state index is 12.5. The van der Waals surface area contributed by atoms with Crippen LogP contribution >= 0.6 is 7.82 Å². The molecule has 1 N–H and O–H groups in total. The van der Waals surface area contributed by atoms with E-state index in [0.29, 0.717) is 6.42 Å². The van der Waals surface area contributed by atoms with Gasteiger partial charge in [0.1, 0.15) is 6.61 Å². The quantitative estimate of drug-likeness (QED) is 0.0283. The SMILES string of the molecule is CCCCC/C=C\C/C=C\C/C=C\CCCCCCCCC(=O)OC(COC(=O)CCCCCCCCC/C=C\C/C=C\CCCCC)COP(=O)(O)OC. The Balaban J connectivity index is 4.04. The Hall–Kier alpha value is -2.25. The van der Waals surface area contributed by atoms with E-state index in [2.05, 4.69) is 79.1 Å². The Morgan fingerprint density at radius 2 is 0.873 bits per heavy atom. The topological polar surface area (TPSA) is 108 Å². The maximum Gasteiger partial charge on any atom is 0.472 e. The minimum absolute atomic E-state index is 0.226. The lowest BCUT2D eigenvalue weighted by Crippen LogP contribution is -2.29. The first-order valence-electron chi connectivity index (χ1n) is 22.0. The molecule has 0 saturated carbocycles. The van der Waals surface area contributed by atoms with E-state index in [9.17, 15) is 19.0 Å². The smallest absolute Gasteiger partial charge is 0.462 e. The Morgan fingerprint density at radius 3 is 1.29 bits per heavy atom. The molecule has 0 rings (SSSR count). The Morgan fingerprint density at radius 1 is 0.509 bits per heavy atom. The monoisotopic (exact) mass is 793 g/mol. The highest BCUT2D eigenvalue weighted by Crippen LogP contribution is 2.42. The Kier molecular flexibility index (Phi) is 39.7. The molecule has 0 bridgehead atoms. The predicted octanol–water partition coefficient (Wildman–Crippen LogP) is 13.9. The van der Waals surface area contributed by atoms with Crippen molar-refractivity contribution in [1.82, 2.24) is 0 Å². The average Bonchev–Trinajstić information content (AvgIpc) is 3.18. The lowest BCUT2D eigenvalue weighted by molar-refractivity contribution is -0.161. The van der Waals surface area contributed by atoms with Crippen LogP contribution in [0.15, 0.2) is 60.8 Å². The maximum atomic E-state index is 12.5. The largest absolute Gasteiger partial charge is 0.472 e. The van der Waals surface area contributed by atoms with Gasteiger partial charge in [-0.25, -0.2) is 4.57 Å². The number of esters is 2. The molecule has 9 heteroatoms. The van der Waals surface area contributed by atoms with Crippen LogP contribution in [0.1, 0.15) is 194 Å². The molecule has 0 aromatic rings. The third-order valence-corrected chi connectivity index (χ3v) is 10.2. The lowest BCUT2D eigenvalue weighted by atomic mass is 10.1. The van der Waals surface area contributed by atoms with Crippen molar-refractivity contribution in [2.24, 2.45) is 0 Å². The number of phosphoric acid groups is 1. The van der Waals surface area contributed by atoms with Gasteiger partial charge in [-0.05, 0) is 83.5 Å². The molecule has 318 valence electrons. The lowest BCUT2D eigenvalue weighted by Gasteiger charge is -2.19. The van der Waals surface area contributed by atoms with E-state index in [4.69, 9.17) is 14.0 Å². The summed E-state index contributed by atoms with van der Waals surface area (Å²) in [5.41, 5.74) is 0. The zero-order valence-corrected chi connectivity index (χ0v) is 36.2. The number of carbonyl (C=O) groups excluding carboxylic acids is 2. The summed E-state index contributed by atoms with van der Waals surface area (Å²) in [6.45, 7) is 3.82. The molecule has 0 aliphatic heterocycles. The molecule has 0 fully saturated rings. The van der Waals surface area contributed by atoms with Gasteiger partial charge in [0.15, 0.2) is 6.10 Å². The molecule has 8 nitrogen and oxygen atoms in total. The molecule has 0 aromatic heterocycles. The summed E-state index contributed by atoms with van der Waals surface area (Å²) >= 11 is 0. The first-order chi connectivity index (χ1) is 26.8. The van der Waals surface area contributed by atoms with Crippen molar-refractivity contribution in [3.8, 4) is 0 Å². The van der Waals surface area contributed by atoms with E-state index in [1.807, 2.05) is 0 Å². The number of phosphoric ester groups is 1. The molecule has 0 radical (unpaired) electrons. The summed E-state index contributed by atoms with van der Waals surface area (Å²) in [7, 11) is -3.21. The fraction of sp³-hybridized carbons (Fsp3) is 0.739. The summed E-state index contributed by atoms with van der Waals surface area (Å²) in [5, 5.41) is 0. The van der Waals surface area contributed by atoms with E-state index in [0.717, 1.165) is 97.0 Å². The fourth-order valence-electron chi connectivity index (χ4n) is 5.81. The molecular formula is C46H81O8P. The van der Waals surface area contributed by atoms with Crippen molar-refractivity contribution >= 4 is 19.8 Å². The Bertz CT molecular complexity index is 1080. The van der Waals surface area contributed by atoms with Crippen LogP contribution in [0.2, 0.25) is 0 Å². The number of hydrogen-bond donors (Lipinski definition) is 1. The number of carbonyl (C=O) groups is 2. The molecule has 2 atom stereocenters. The zero-order valence-electron chi connectivity index (χ0n) is 35.3. The van der Waals surface area contributed by atoms with E-state index in [1.165, 1.54) is 70.6 Å². The highest BCUT2D eigenvalue weighted by atomic mass is 31.2. The average molecular weight is 793 g/mol. The third kappa shape index (κ3) is 41.2. The van der Waals surface area contributed by atoms with Gasteiger partial charge < -0.3 is 14.4 Å². The second kappa shape index (κ2) is 41.4. The zero-order chi connectivity index (χ0) is 40.3. The van der Waals surface area contributed by atoms with Gasteiger partial charge in [-0.1, -0.05) is 158 Å². The first kappa shape index (κ1) is 52.8. The Labute approximate surface area is 337 Å². The highest BCUT2D eigenvalue weighted by Gasteiger charge is 2.24. The molecule has 2 unspecified atom stereocenters. The minimum atomic E-state index is -4.27. The first-order valence-corrected chi connectivity index (χ1v) is 23.5. The van der Waals surface area contributed by atoms with Crippen LogP contribution in [-0.2, 0) is 32.7 Å². The van der Waals surface area contributed by atoms with Crippen molar-refractivity contribution in [3.63, 3.8) is 0 Å². The van der Waals surface area contributed by atoms with Crippen LogP contribution < -0.4 is 0 Å². The molecule has 0 heterocycles. The molecule has 0 amide bonds. The molecular weight excluding hydrogens is 711 g/mol. The highest BCUT2D eigenvalue weighted by molar-refractivity contribution is 7.47. The number of hydrogen-bond acceptors (Lipinski definition) is 7. The van der Waals surface area contributed by atoms with Crippen molar-refractivity contribution in [2.75, 3.05) is 20.3 Å². The van der Waals surface area contributed by atoms with Gasteiger partial charge in [0, 0.05) is 20.0 Å². The molecule has 0 aromatic carbocycles. The van der Waals surface area contributed by atoms with Crippen molar-refractivity contribution in [2.45, 2.75) is 200 Å². The molecule has 0 aliphatic carbocycles. The van der Waals surface area contributed by atoms with Gasteiger partial charge in [0.05, 0.1) is 6.61 Å². The summed E-state index contributed by atoms with van der Waals surface area (Å²) in [6, 6.07) is 0. The summed E-state index contributed by atoms with van der Waals surface area (Å²) < 4.78 is 32.0. The third-order valence-electron chi connectivity index (χ3n) is 9.23. The number of ether oxygens (including phenoxy) is 2. The van der Waals surface area contributed by atoms with Crippen LogP contribution in [-0.4, -0.2) is 43.3 Å². The molecule has 0 saturated heterocycles. The fourth-order valence-corrected chi connectivity index (χ4v) is 6.27. The van der Waals surface area contributed by atoms with Crippen LogP contribution in [0, 0.1) is 0 Å². The van der Waals surface area contributed by atoms with Crippen molar-refractivity contribution in [3.05, 3.63) is 60.8 Å². The van der Waals surface area contributed by atoms with Crippen LogP contribution in [0.25, 0.3) is 0 Å². The molecule has 0 aliphatic rings. The minimum Gasteiger partial charge on any atom is -0.462 e. The van der Waals surface area contributed by atoms with E-state index in [-0.39, 0.29) is 25.4 Å². The molecule has 55 heavy (non-hydrogen) atoms. The van der Waals surface area contributed by atoms with Gasteiger partial charge in [0.25, 0.3) is 0 Å². The van der Waals surface area contributed by atoms with E-state index < -0.39 is 26.5 Å². The van der Waals surface area contributed by atoms with Gasteiger partial charge in [-0.15, -0.1) is 0 Å². The van der Waals surface area contributed by atoms with Gasteiger partial charge in [0.2, 0.25) is 0 Å². The number of rotatable bonds is 40. The van der Waals surface area contributed by atoms with Gasteiger partial charge in [-0.2, -0.15) is 0 Å². The normalized spacial score (nSPS) is 13.9. The van der Waals surface area contributed by atoms with E-state index in [1.54, 1.807) is 0 Å². The summed E-state index contributed by atoms with van der Waals surface area (Å²) in [4.78, 5) is 34.5. The second-order valence-corrected chi connectivity index (χ2v) is 16.0. The van der Waals surface area contributed by atoms with E-state index >= 15 is 0 Å². The van der Waals surface area contributed by atoms with Crippen LogP contribution in [0.3, 0.4) is 0 Å². The van der Waals surface area contributed by atoms with Crippen molar-refractivity contribution in [1.29, 1.82) is 0 Å². The second-order valence-electron chi connectivity index (χ2n) is 14.5. The predicted molar refractivity (Wildman–Crippen MR) is 230 cm³/mol. The van der Waals surface area contributed by atoms with Crippen LogP contribution in [0.4, 0.5) is 0 Å². The van der Waals surface area contributed by atoms with Crippen LogP contribution in [0.5, 0.6) is 0 Å². The van der Waals surface area contributed by atoms with Gasteiger partial charge >= 0.3 is 19.8 Å². The number of unbranched alkanes of at least 4 members (excludes halogenated alkanes) is 19.